The van der Waals surface area contributed by atoms with Crippen molar-refractivity contribution in [3.63, 3.8) is 0 Å². The lowest BCUT2D eigenvalue weighted by Crippen LogP contribution is -2.40. The van der Waals surface area contributed by atoms with Crippen molar-refractivity contribution >= 4 is 64.2 Å². The van der Waals surface area contributed by atoms with E-state index in [-0.39, 0.29) is 42.8 Å². The van der Waals surface area contributed by atoms with E-state index >= 15 is 0 Å². The SMILES string of the molecule is CCOC(=O)C1=C(C)N=c2s/c(=C\c3cc(Cl)c(OCc4ccc(Cl)cc4Cl)c(OCC)c3)c(=O)n2[C@H]1c1ccc(OCC(=O)OC)c(OCC)c1. The van der Waals surface area contributed by atoms with Gasteiger partial charge < -0.3 is 28.4 Å². The Hall–Kier alpha value is -4.49. The molecule has 0 aliphatic carbocycles. The highest BCUT2D eigenvalue weighted by atomic mass is 35.5. The molecule has 0 fully saturated rings. The molecule has 3 aromatic carbocycles. The van der Waals surface area contributed by atoms with Crippen LogP contribution in [0.3, 0.4) is 0 Å². The maximum Gasteiger partial charge on any atom is 0.343 e. The van der Waals surface area contributed by atoms with Gasteiger partial charge >= 0.3 is 11.9 Å². The molecule has 4 aromatic rings. The zero-order valence-electron chi connectivity index (χ0n) is 28.9. The Kier molecular flexibility index (Phi) is 12.9. The molecule has 0 N–H and O–H groups in total. The summed E-state index contributed by atoms with van der Waals surface area (Å²) < 4.78 is 35.3. The van der Waals surface area contributed by atoms with Crippen molar-refractivity contribution < 1.29 is 38.0 Å². The second kappa shape index (κ2) is 17.4. The predicted octanol–water partition coefficient (Wildman–Crippen LogP) is 6.69. The van der Waals surface area contributed by atoms with Gasteiger partial charge in [0.05, 0.1) is 53.8 Å². The lowest BCUT2D eigenvalue weighted by molar-refractivity contribution is -0.143. The fourth-order valence-corrected chi connectivity index (χ4v) is 7.18. The third-order valence-corrected chi connectivity index (χ3v) is 9.54. The van der Waals surface area contributed by atoms with Crippen LogP contribution in [-0.2, 0) is 25.7 Å². The molecule has 0 saturated carbocycles. The summed E-state index contributed by atoms with van der Waals surface area (Å²) in [6, 6.07) is 12.5. The third kappa shape index (κ3) is 8.58. The van der Waals surface area contributed by atoms with Crippen molar-refractivity contribution in [2.24, 2.45) is 4.99 Å². The van der Waals surface area contributed by atoms with Gasteiger partial charge in [-0.15, -0.1) is 0 Å². The van der Waals surface area contributed by atoms with E-state index in [1.807, 2.05) is 6.92 Å². The monoisotopic (exact) mass is 788 g/mol. The van der Waals surface area contributed by atoms with Gasteiger partial charge in [0, 0.05) is 15.6 Å². The Morgan fingerprint density at radius 1 is 0.885 bits per heavy atom. The van der Waals surface area contributed by atoms with Crippen LogP contribution in [0.15, 0.2) is 69.6 Å². The van der Waals surface area contributed by atoms with Gasteiger partial charge in [-0.25, -0.2) is 14.6 Å². The van der Waals surface area contributed by atoms with Crippen LogP contribution in [-0.4, -0.2) is 50.0 Å². The number of esters is 2. The number of allylic oxidation sites excluding steroid dienone is 1. The first-order valence-electron chi connectivity index (χ1n) is 16.2. The summed E-state index contributed by atoms with van der Waals surface area (Å²) in [5.74, 6) is 0.0922. The number of aromatic nitrogens is 1. The van der Waals surface area contributed by atoms with Gasteiger partial charge in [0.1, 0.15) is 6.61 Å². The van der Waals surface area contributed by atoms with Crippen LogP contribution >= 0.6 is 46.1 Å². The molecular weight excluding hydrogens is 755 g/mol. The average Bonchev–Trinajstić information content (AvgIpc) is 3.40. The third-order valence-electron chi connectivity index (χ3n) is 7.69. The van der Waals surface area contributed by atoms with E-state index in [0.29, 0.717) is 65.6 Å². The minimum absolute atomic E-state index is 0.110. The summed E-state index contributed by atoms with van der Waals surface area (Å²) >= 11 is 20.3. The van der Waals surface area contributed by atoms with Crippen molar-refractivity contribution in [3.8, 4) is 23.0 Å². The van der Waals surface area contributed by atoms with Gasteiger partial charge in [0.15, 0.2) is 34.4 Å². The number of rotatable bonds is 14. The van der Waals surface area contributed by atoms with Crippen molar-refractivity contribution in [1.29, 1.82) is 0 Å². The number of carbonyl (C=O) groups excluding carboxylic acids is 2. The molecule has 15 heteroatoms. The summed E-state index contributed by atoms with van der Waals surface area (Å²) in [6.45, 7) is 7.52. The number of hydrogen-bond donors (Lipinski definition) is 0. The van der Waals surface area contributed by atoms with Gasteiger partial charge in [-0.3, -0.25) is 9.36 Å². The molecule has 1 aliphatic heterocycles. The molecule has 0 amide bonds. The highest BCUT2D eigenvalue weighted by Crippen LogP contribution is 2.39. The Morgan fingerprint density at radius 3 is 2.33 bits per heavy atom. The number of benzene rings is 3. The van der Waals surface area contributed by atoms with E-state index in [9.17, 15) is 14.4 Å². The number of thiazole rings is 1. The number of nitrogens with zero attached hydrogens (tertiary/aromatic N) is 2. The molecule has 2 heterocycles. The largest absolute Gasteiger partial charge is 0.490 e. The zero-order valence-corrected chi connectivity index (χ0v) is 32.0. The van der Waals surface area contributed by atoms with E-state index < -0.39 is 23.5 Å². The molecule has 0 spiro atoms. The molecular formula is C37H35Cl3N2O9S. The van der Waals surface area contributed by atoms with Crippen molar-refractivity contribution in [1.82, 2.24) is 4.57 Å². The molecule has 0 unspecified atom stereocenters. The van der Waals surface area contributed by atoms with E-state index in [4.69, 9.17) is 58.5 Å². The van der Waals surface area contributed by atoms with E-state index in [1.165, 1.54) is 11.7 Å². The second-order valence-electron chi connectivity index (χ2n) is 11.1. The summed E-state index contributed by atoms with van der Waals surface area (Å²) in [5.41, 5.74) is 1.99. The first-order valence-corrected chi connectivity index (χ1v) is 18.1. The Morgan fingerprint density at radius 2 is 1.63 bits per heavy atom. The maximum absolute atomic E-state index is 14.3. The smallest absolute Gasteiger partial charge is 0.343 e. The van der Waals surface area contributed by atoms with Crippen molar-refractivity contribution in [3.05, 3.63) is 111 Å². The molecule has 52 heavy (non-hydrogen) atoms. The summed E-state index contributed by atoms with van der Waals surface area (Å²) in [6.07, 6.45) is 1.67. The fourth-order valence-electron chi connectivity index (χ4n) is 5.40. The molecule has 0 radical (unpaired) electrons. The number of methoxy groups -OCH3 is 1. The molecule has 0 bridgehead atoms. The van der Waals surface area contributed by atoms with Crippen molar-refractivity contribution in [2.45, 2.75) is 40.3 Å². The fraction of sp³-hybridized carbons (Fsp3) is 0.297. The number of hydrogen-bond acceptors (Lipinski definition) is 11. The van der Waals surface area contributed by atoms with Gasteiger partial charge in [0.2, 0.25) is 0 Å². The number of halogens is 3. The van der Waals surface area contributed by atoms with Gasteiger partial charge in [-0.05, 0) is 81.3 Å². The lowest BCUT2D eigenvalue weighted by atomic mass is 9.95. The molecule has 274 valence electrons. The van der Waals surface area contributed by atoms with E-state index in [1.54, 1.807) is 75.4 Å². The second-order valence-corrected chi connectivity index (χ2v) is 13.4. The molecule has 1 aromatic heterocycles. The summed E-state index contributed by atoms with van der Waals surface area (Å²) in [4.78, 5) is 44.5. The molecule has 11 nitrogen and oxygen atoms in total. The van der Waals surface area contributed by atoms with E-state index in [2.05, 4.69) is 9.73 Å². The normalized spacial score (nSPS) is 14.0. The predicted molar refractivity (Wildman–Crippen MR) is 199 cm³/mol. The lowest BCUT2D eigenvalue weighted by Gasteiger charge is -2.25. The van der Waals surface area contributed by atoms with Crippen LogP contribution in [0.5, 0.6) is 23.0 Å². The average molecular weight is 790 g/mol. The molecule has 1 atom stereocenters. The van der Waals surface area contributed by atoms with Crippen LogP contribution in [0.25, 0.3) is 6.08 Å². The van der Waals surface area contributed by atoms with Gasteiger partial charge in [-0.1, -0.05) is 58.3 Å². The minimum Gasteiger partial charge on any atom is -0.490 e. The summed E-state index contributed by atoms with van der Waals surface area (Å²) in [5, 5.41) is 1.21. The minimum atomic E-state index is -0.927. The number of fused-ring (bicyclic) bond motifs is 1. The van der Waals surface area contributed by atoms with Crippen LogP contribution in [0, 0.1) is 0 Å². The Balaban J connectivity index is 1.59. The highest BCUT2D eigenvalue weighted by Gasteiger charge is 2.34. The van der Waals surface area contributed by atoms with Crippen LogP contribution < -0.4 is 33.8 Å². The standard InChI is InChI=1S/C37H35Cl3N2O9S/c1-6-47-28-16-22(10-12-27(28)50-19-31(43)46-5)33-32(36(45)49-8-3)20(4)41-37-42(33)35(44)30(52-37)15-21-13-26(40)34(29(14-21)48-7-2)51-18-23-9-11-24(38)17-25(23)39/h9-17,33H,6-8,18-19H2,1-5H3/b30-15-/t33-/m0/s1. The maximum atomic E-state index is 14.3. The van der Waals surface area contributed by atoms with Crippen LogP contribution in [0.2, 0.25) is 15.1 Å². The molecule has 1 aliphatic rings. The zero-order chi connectivity index (χ0) is 37.5. The van der Waals surface area contributed by atoms with Gasteiger partial charge in [-0.2, -0.15) is 0 Å². The Bertz CT molecular complexity index is 2210. The van der Waals surface area contributed by atoms with Crippen LogP contribution in [0.1, 0.15) is 50.4 Å². The molecule has 0 saturated heterocycles. The van der Waals surface area contributed by atoms with E-state index in [0.717, 1.165) is 11.3 Å². The van der Waals surface area contributed by atoms with Gasteiger partial charge in [0.25, 0.3) is 5.56 Å². The Labute approximate surface area is 318 Å². The molecule has 5 rings (SSSR count). The first kappa shape index (κ1) is 38.7. The van der Waals surface area contributed by atoms with Crippen molar-refractivity contribution in [2.75, 3.05) is 33.5 Å². The quantitative estimate of drug-likeness (QED) is 0.129. The van der Waals surface area contributed by atoms with Crippen LogP contribution in [0.4, 0.5) is 0 Å². The topological polar surface area (TPSA) is 124 Å². The number of ether oxygens (including phenoxy) is 6. The number of carbonyl (C=O) groups is 2. The first-order chi connectivity index (χ1) is 25.0. The highest BCUT2D eigenvalue weighted by molar-refractivity contribution is 7.07. The summed E-state index contributed by atoms with van der Waals surface area (Å²) in [7, 11) is 1.26.